The van der Waals surface area contributed by atoms with Gasteiger partial charge in [-0.1, -0.05) is 27.7 Å². The molecule has 0 bridgehead atoms. The molecule has 1 amide bonds. The van der Waals surface area contributed by atoms with Gasteiger partial charge in [0.05, 0.1) is 12.1 Å². The quantitative estimate of drug-likeness (QED) is 0.685. The normalized spacial score (nSPS) is 14.0. The van der Waals surface area contributed by atoms with Crippen LogP contribution in [0.5, 0.6) is 0 Å². The Bertz CT molecular complexity index is 320. The molecule has 0 aliphatic heterocycles. The lowest BCUT2D eigenvalue weighted by Crippen LogP contribution is -2.57. The molecule has 0 aromatic rings. The maximum Gasteiger partial charge on any atom is 0.408 e. The fourth-order valence-corrected chi connectivity index (χ4v) is 2.23. The smallest absolute Gasteiger partial charge is 0.408 e. The van der Waals surface area contributed by atoms with Crippen molar-refractivity contribution in [2.24, 2.45) is 5.92 Å². The fourth-order valence-electron chi connectivity index (χ4n) is 2.23. The molecule has 132 valence electrons. The standard InChI is InChI=1S/C17H36N2O3/c1-9-17(10-2,19-15(20)22-16(5,6)7)12-18-14(11-21-8)13(3)4/h13-14,18H,9-12H2,1-8H3,(H,19,20). The van der Waals surface area contributed by atoms with E-state index < -0.39 is 5.60 Å². The molecule has 2 N–H and O–H groups in total. The van der Waals surface area contributed by atoms with E-state index in [0.29, 0.717) is 19.1 Å². The predicted molar refractivity (Wildman–Crippen MR) is 91.2 cm³/mol. The molecular formula is C17H36N2O3. The average Bonchev–Trinajstić information content (AvgIpc) is 2.39. The molecule has 0 rings (SSSR count). The van der Waals surface area contributed by atoms with Gasteiger partial charge < -0.3 is 20.1 Å². The average molecular weight is 316 g/mol. The van der Waals surface area contributed by atoms with Gasteiger partial charge in [0.25, 0.3) is 0 Å². The summed E-state index contributed by atoms with van der Waals surface area (Å²) in [6, 6.07) is 0.267. The Morgan fingerprint density at radius 1 is 1.14 bits per heavy atom. The van der Waals surface area contributed by atoms with Gasteiger partial charge in [0.1, 0.15) is 5.60 Å². The molecule has 5 heteroatoms. The summed E-state index contributed by atoms with van der Waals surface area (Å²) in [5.41, 5.74) is -0.787. The summed E-state index contributed by atoms with van der Waals surface area (Å²) in [6.07, 6.45) is 1.33. The van der Waals surface area contributed by atoms with E-state index in [1.165, 1.54) is 0 Å². The Balaban J connectivity index is 4.77. The minimum absolute atomic E-state index is 0.267. The molecule has 0 radical (unpaired) electrons. The summed E-state index contributed by atoms with van der Waals surface area (Å²) >= 11 is 0. The number of hydrogen-bond donors (Lipinski definition) is 2. The van der Waals surface area contributed by atoms with Crippen LogP contribution >= 0.6 is 0 Å². The lowest BCUT2D eigenvalue weighted by atomic mass is 9.91. The second kappa shape index (κ2) is 9.36. The molecule has 22 heavy (non-hydrogen) atoms. The predicted octanol–water partition coefficient (Wildman–Crippen LogP) is 3.33. The number of hydrogen-bond acceptors (Lipinski definition) is 4. The zero-order valence-electron chi connectivity index (χ0n) is 15.7. The molecule has 1 unspecified atom stereocenters. The van der Waals surface area contributed by atoms with Crippen LogP contribution in [-0.4, -0.2) is 43.5 Å². The van der Waals surface area contributed by atoms with E-state index in [1.807, 2.05) is 20.8 Å². The van der Waals surface area contributed by atoms with Crippen LogP contribution in [0.1, 0.15) is 61.3 Å². The first-order valence-electron chi connectivity index (χ1n) is 8.32. The van der Waals surface area contributed by atoms with Crippen molar-refractivity contribution in [2.45, 2.75) is 78.5 Å². The maximum atomic E-state index is 12.1. The Kier molecular flexibility index (Phi) is 9.01. The topological polar surface area (TPSA) is 59.6 Å². The van der Waals surface area contributed by atoms with Gasteiger partial charge in [-0.05, 0) is 39.5 Å². The van der Waals surface area contributed by atoms with Gasteiger partial charge in [0, 0.05) is 19.7 Å². The van der Waals surface area contributed by atoms with Crippen LogP contribution < -0.4 is 10.6 Å². The molecule has 0 spiro atoms. The SMILES string of the molecule is CCC(CC)(CNC(COC)C(C)C)NC(=O)OC(C)(C)C. The van der Waals surface area contributed by atoms with E-state index >= 15 is 0 Å². The lowest BCUT2D eigenvalue weighted by molar-refractivity contribution is 0.0438. The Morgan fingerprint density at radius 3 is 2.05 bits per heavy atom. The van der Waals surface area contributed by atoms with Crippen LogP contribution in [-0.2, 0) is 9.47 Å². The number of amides is 1. The van der Waals surface area contributed by atoms with Crippen molar-refractivity contribution >= 4 is 6.09 Å². The number of ether oxygens (including phenoxy) is 2. The van der Waals surface area contributed by atoms with E-state index in [9.17, 15) is 4.79 Å². The van der Waals surface area contributed by atoms with Gasteiger partial charge in [0.2, 0.25) is 0 Å². The van der Waals surface area contributed by atoms with Crippen LogP contribution in [0.25, 0.3) is 0 Å². The summed E-state index contributed by atoms with van der Waals surface area (Å²) < 4.78 is 10.7. The summed E-state index contributed by atoms with van der Waals surface area (Å²) in [5, 5.41) is 6.59. The zero-order valence-corrected chi connectivity index (χ0v) is 15.7. The highest BCUT2D eigenvalue weighted by molar-refractivity contribution is 5.68. The molecule has 5 nitrogen and oxygen atoms in total. The Morgan fingerprint density at radius 2 is 1.68 bits per heavy atom. The zero-order chi connectivity index (χ0) is 17.4. The van der Waals surface area contributed by atoms with Crippen molar-refractivity contribution in [3.8, 4) is 0 Å². The van der Waals surface area contributed by atoms with Crippen molar-refractivity contribution in [1.29, 1.82) is 0 Å². The highest BCUT2D eigenvalue weighted by Gasteiger charge is 2.31. The molecule has 0 saturated carbocycles. The van der Waals surface area contributed by atoms with Gasteiger partial charge in [-0.15, -0.1) is 0 Å². The van der Waals surface area contributed by atoms with Crippen molar-refractivity contribution in [1.82, 2.24) is 10.6 Å². The first-order chi connectivity index (χ1) is 10.1. The minimum atomic E-state index is -0.485. The number of rotatable bonds is 9. The highest BCUT2D eigenvalue weighted by Crippen LogP contribution is 2.17. The molecule has 0 aromatic heterocycles. The van der Waals surface area contributed by atoms with Gasteiger partial charge >= 0.3 is 6.09 Å². The number of nitrogens with one attached hydrogen (secondary N) is 2. The fraction of sp³-hybridized carbons (Fsp3) is 0.941. The lowest BCUT2D eigenvalue weighted by Gasteiger charge is -2.36. The van der Waals surface area contributed by atoms with E-state index in [-0.39, 0.29) is 17.7 Å². The number of carbonyl (C=O) groups is 1. The van der Waals surface area contributed by atoms with Crippen LogP contribution in [0, 0.1) is 5.92 Å². The van der Waals surface area contributed by atoms with Crippen LogP contribution in [0.3, 0.4) is 0 Å². The largest absolute Gasteiger partial charge is 0.444 e. The molecule has 0 heterocycles. The summed E-state index contributed by atoms with van der Waals surface area (Å²) in [4.78, 5) is 12.1. The van der Waals surface area contributed by atoms with E-state index in [0.717, 1.165) is 12.8 Å². The van der Waals surface area contributed by atoms with Crippen molar-refractivity contribution in [2.75, 3.05) is 20.3 Å². The number of alkyl carbamates (subject to hydrolysis) is 1. The van der Waals surface area contributed by atoms with Gasteiger partial charge in [0.15, 0.2) is 0 Å². The first-order valence-corrected chi connectivity index (χ1v) is 8.32. The van der Waals surface area contributed by atoms with Crippen LogP contribution in [0.15, 0.2) is 0 Å². The molecule has 0 saturated heterocycles. The second-order valence-corrected chi connectivity index (χ2v) is 7.30. The maximum absolute atomic E-state index is 12.1. The van der Waals surface area contributed by atoms with E-state index in [4.69, 9.17) is 9.47 Å². The number of methoxy groups -OCH3 is 1. The molecule has 0 fully saturated rings. The van der Waals surface area contributed by atoms with Crippen molar-refractivity contribution in [3.63, 3.8) is 0 Å². The van der Waals surface area contributed by atoms with Crippen LogP contribution in [0.4, 0.5) is 4.79 Å². The van der Waals surface area contributed by atoms with Crippen LogP contribution in [0.2, 0.25) is 0 Å². The number of carbonyl (C=O) groups excluding carboxylic acids is 1. The summed E-state index contributed by atoms with van der Waals surface area (Å²) in [7, 11) is 1.71. The van der Waals surface area contributed by atoms with Gasteiger partial charge in [-0.2, -0.15) is 0 Å². The second-order valence-electron chi connectivity index (χ2n) is 7.30. The summed E-state index contributed by atoms with van der Waals surface area (Å²) in [6.45, 7) is 15.5. The monoisotopic (exact) mass is 316 g/mol. The highest BCUT2D eigenvalue weighted by atomic mass is 16.6. The van der Waals surface area contributed by atoms with Crippen molar-refractivity contribution in [3.05, 3.63) is 0 Å². The molecule has 0 aromatic carbocycles. The Hall–Kier alpha value is -0.810. The van der Waals surface area contributed by atoms with E-state index in [1.54, 1.807) is 7.11 Å². The third-order valence-electron chi connectivity index (χ3n) is 3.97. The molecule has 1 atom stereocenters. The molecular weight excluding hydrogens is 280 g/mol. The minimum Gasteiger partial charge on any atom is -0.444 e. The molecule has 0 aliphatic carbocycles. The third-order valence-corrected chi connectivity index (χ3v) is 3.97. The van der Waals surface area contributed by atoms with E-state index in [2.05, 4.69) is 38.3 Å². The summed E-state index contributed by atoms with van der Waals surface area (Å²) in [5.74, 6) is 0.466. The third kappa shape index (κ3) is 7.99. The van der Waals surface area contributed by atoms with Gasteiger partial charge in [-0.3, -0.25) is 0 Å². The van der Waals surface area contributed by atoms with Crippen molar-refractivity contribution < 1.29 is 14.3 Å². The molecule has 0 aliphatic rings. The Labute approximate surface area is 136 Å². The van der Waals surface area contributed by atoms with Gasteiger partial charge in [-0.25, -0.2) is 4.79 Å². The first kappa shape index (κ1) is 21.2.